The van der Waals surface area contributed by atoms with Crippen molar-refractivity contribution in [1.29, 1.82) is 0 Å². The topological polar surface area (TPSA) is 72.0 Å². The molecule has 3 rings (SSSR count). The van der Waals surface area contributed by atoms with Crippen molar-refractivity contribution < 1.29 is 12.8 Å². The van der Waals surface area contributed by atoms with Crippen LogP contribution in [0, 0.1) is 12.7 Å². The Morgan fingerprint density at radius 1 is 1.12 bits per heavy atom. The Morgan fingerprint density at radius 2 is 1.92 bits per heavy atom. The fraction of sp³-hybridized carbons (Fsp3) is 0.111. The van der Waals surface area contributed by atoms with Gasteiger partial charge in [-0.3, -0.25) is 9.97 Å². The van der Waals surface area contributed by atoms with Crippen LogP contribution < -0.4 is 4.72 Å². The standard InChI is InChI=1S/C18H16FN3O2S/c1-13-10-16(19)6-7-17(13)25(23,24)22-12-15-5-3-9-21-18(15)14-4-2-8-20-11-14/h2-11,22H,12H2,1H3. The van der Waals surface area contributed by atoms with Gasteiger partial charge < -0.3 is 0 Å². The van der Waals surface area contributed by atoms with E-state index < -0.39 is 15.8 Å². The fourth-order valence-corrected chi connectivity index (χ4v) is 3.74. The number of pyridine rings is 2. The Hall–Kier alpha value is -2.64. The lowest BCUT2D eigenvalue weighted by Gasteiger charge is -2.12. The molecule has 1 aromatic carbocycles. The first-order chi connectivity index (χ1) is 12.0. The third-order valence-corrected chi connectivity index (χ3v) is 5.27. The summed E-state index contributed by atoms with van der Waals surface area (Å²) in [7, 11) is -3.76. The molecule has 0 aliphatic heterocycles. The number of aryl methyl sites for hydroxylation is 1. The predicted octanol–water partition coefficient (Wildman–Crippen LogP) is 3.07. The largest absolute Gasteiger partial charge is 0.264 e. The lowest BCUT2D eigenvalue weighted by atomic mass is 10.1. The number of rotatable bonds is 5. The molecule has 0 unspecified atom stereocenters. The molecule has 2 heterocycles. The summed E-state index contributed by atoms with van der Waals surface area (Å²) in [6.45, 7) is 1.63. The van der Waals surface area contributed by atoms with Crippen LogP contribution in [0.3, 0.4) is 0 Å². The second-order valence-corrected chi connectivity index (χ2v) is 7.22. The fourth-order valence-electron chi connectivity index (χ4n) is 2.51. The number of hydrogen-bond acceptors (Lipinski definition) is 4. The molecule has 0 fully saturated rings. The van der Waals surface area contributed by atoms with Gasteiger partial charge in [0.1, 0.15) is 5.82 Å². The Bertz CT molecular complexity index is 992. The normalized spacial score (nSPS) is 11.4. The summed E-state index contributed by atoms with van der Waals surface area (Å²) in [4.78, 5) is 8.45. The van der Waals surface area contributed by atoms with Crippen molar-refractivity contribution in [2.24, 2.45) is 0 Å². The number of nitrogens with one attached hydrogen (secondary N) is 1. The third-order valence-electron chi connectivity index (χ3n) is 3.71. The van der Waals surface area contributed by atoms with Crippen LogP contribution in [-0.4, -0.2) is 18.4 Å². The molecule has 0 saturated carbocycles. The van der Waals surface area contributed by atoms with Gasteiger partial charge in [0.05, 0.1) is 10.6 Å². The van der Waals surface area contributed by atoms with E-state index in [0.29, 0.717) is 11.3 Å². The van der Waals surface area contributed by atoms with Crippen LogP contribution in [0.2, 0.25) is 0 Å². The van der Waals surface area contributed by atoms with Crippen LogP contribution in [0.5, 0.6) is 0 Å². The number of halogens is 1. The molecule has 128 valence electrons. The summed E-state index contributed by atoms with van der Waals surface area (Å²) >= 11 is 0. The molecule has 0 saturated heterocycles. The second kappa shape index (κ2) is 7.08. The summed E-state index contributed by atoms with van der Waals surface area (Å²) in [6.07, 6.45) is 4.97. The van der Waals surface area contributed by atoms with E-state index in [9.17, 15) is 12.8 Å². The van der Waals surface area contributed by atoms with Gasteiger partial charge in [-0.2, -0.15) is 0 Å². The van der Waals surface area contributed by atoms with Gasteiger partial charge in [-0.05, 0) is 54.4 Å². The quantitative estimate of drug-likeness (QED) is 0.762. The lowest BCUT2D eigenvalue weighted by molar-refractivity contribution is 0.579. The molecule has 0 atom stereocenters. The van der Waals surface area contributed by atoms with Crippen LogP contribution in [0.15, 0.2) is 66.0 Å². The molecule has 0 aliphatic rings. The van der Waals surface area contributed by atoms with E-state index in [1.165, 1.54) is 12.1 Å². The van der Waals surface area contributed by atoms with Crippen LogP contribution >= 0.6 is 0 Å². The summed E-state index contributed by atoms with van der Waals surface area (Å²) in [5.41, 5.74) is 2.54. The summed E-state index contributed by atoms with van der Waals surface area (Å²) in [6, 6.07) is 10.8. The van der Waals surface area contributed by atoms with Crippen molar-refractivity contribution in [3.63, 3.8) is 0 Å². The van der Waals surface area contributed by atoms with E-state index in [-0.39, 0.29) is 11.4 Å². The van der Waals surface area contributed by atoms with Gasteiger partial charge in [0.15, 0.2) is 0 Å². The molecule has 2 aromatic heterocycles. The van der Waals surface area contributed by atoms with E-state index in [1.807, 2.05) is 6.07 Å². The smallest absolute Gasteiger partial charge is 0.241 e. The number of aromatic nitrogens is 2. The molecule has 3 aromatic rings. The summed E-state index contributed by atoms with van der Waals surface area (Å²) in [5.74, 6) is -0.470. The molecule has 1 N–H and O–H groups in total. The highest BCUT2D eigenvalue weighted by molar-refractivity contribution is 7.89. The first-order valence-electron chi connectivity index (χ1n) is 7.57. The van der Waals surface area contributed by atoms with E-state index in [2.05, 4.69) is 14.7 Å². The zero-order valence-corrected chi connectivity index (χ0v) is 14.3. The molecule has 25 heavy (non-hydrogen) atoms. The van der Waals surface area contributed by atoms with Crippen molar-refractivity contribution in [2.45, 2.75) is 18.4 Å². The van der Waals surface area contributed by atoms with Gasteiger partial charge in [-0.1, -0.05) is 6.07 Å². The predicted molar refractivity (Wildman–Crippen MR) is 92.6 cm³/mol. The van der Waals surface area contributed by atoms with E-state index >= 15 is 0 Å². The molecule has 0 radical (unpaired) electrons. The minimum absolute atomic E-state index is 0.0562. The second-order valence-electron chi connectivity index (χ2n) is 5.49. The highest BCUT2D eigenvalue weighted by Gasteiger charge is 2.18. The highest BCUT2D eigenvalue weighted by Crippen LogP contribution is 2.21. The van der Waals surface area contributed by atoms with Crippen molar-refractivity contribution in [3.05, 3.63) is 78.0 Å². The SMILES string of the molecule is Cc1cc(F)ccc1S(=O)(=O)NCc1cccnc1-c1cccnc1. The van der Waals surface area contributed by atoms with Gasteiger partial charge in [-0.25, -0.2) is 17.5 Å². The van der Waals surface area contributed by atoms with Crippen molar-refractivity contribution >= 4 is 10.0 Å². The van der Waals surface area contributed by atoms with Gasteiger partial charge >= 0.3 is 0 Å². The maximum absolute atomic E-state index is 13.2. The van der Waals surface area contributed by atoms with Gasteiger partial charge in [0, 0.05) is 30.7 Å². The molecule has 0 spiro atoms. The zero-order chi connectivity index (χ0) is 17.9. The Kier molecular flexibility index (Phi) is 4.87. The Morgan fingerprint density at radius 3 is 2.64 bits per heavy atom. The van der Waals surface area contributed by atoms with E-state index in [4.69, 9.17) is 0 Å². The Labute approximate surface area is 145 Å². The first-order valence-corrected chi connectivity index (χ1v) is 9.06. The van der Waals surface area contributed by atoms with E-state index in [1.54, 1.807) is 43.7 Å². The molecule has 0 bridgehead atoms. The van der Waals surface area contributed by atoms with Crippen LogP contribution in [0.1, 0.15) is 11.1 Å². The molecule has 0 aliphatic carbocycles. The molecule has 0 amide bonds. The molecule has 7 heteroatoms. The number of benzene rings is 1. The first kappa shape index (κ1) is 17.2. The third kappa shape index (κ3) is 3.89. The summed E-state index contributed by atoms with van der Waals surface area (Å²) < 4.78 is 40.8. The van der Waals surface area contributed by atoms with Crippen molar-refractivity contribution in [1.82, 2.24) is 14.7 Å². The Balaban J connectivity index is 1.87. The zero-order valence-electron chi connectivity index (χ0n) is 13.5. The average molecular weight is 357 g/mol. The van der Waals surface area contributed by atoms with Crippen molar-refractivity contribution in [2.75, 3.05) is 0 Å². The molecule has 5 nitrogen and oxygen atoms in total. The monoisotopic (exact) mass is 357 g/mol. The van der Waals surface area contributed by atoms with Gasteiger partial charge in [-0.15, -0.1) is 0 Å². The lowest BCUT2D eigenvalue weighted by Crippen LogP contribution is -2.24. The average Bonchev–Trinajstić information content (AvgIpc) is 2.61. The summed E-state index contributed by atoms with van der Waals surface area (Å²) in [5, 5.41) is 0. The number of hydrogen-bond donors (Lipinski definition) is 1. The number of sulfonamides is 1. The highest BCUT2D eigenvalue weighted by atomic mass is 32.2. The molecular formula is C18H16FN3O2S. The minimum Gasteiger partial charge on any atom is -0.264 e. The van der Waals surface area contributed by atoms with Crippen LogP contribution in [0.25, 0.3) is 11.3 Å². The number of nitrogens with zero attached hydrogens (tertiary/aromatic N) is 2. The maximum Gasteiger partial charge on any atom is 0.241 e. The van der Waals surface area contributed by atoms with Crippen LogP contribution in [0.4, 0.5) is 4.39 Å². The van der Waals surface area contributed by atoms with E-state index in [0.717, 1.165) is 17.2 Å². The molecular weight excluding hydrogens is 341 g/mol. The van der Waals surface area contributed by atoms with Crippen LogP contribution in [-0.2, 0) is 16.6 Å². The minimum atomic E-state index is -3.76. The maximum atomic E-state index is 13.2. The van der Waals surface area contributed by atoms with Gasteiger partial charge in [0.2, 0.25) is 10.0 Å². The van der Waals surface area contributed by atoms with Gasteiger partial charge in [0.25, 0.3) is 0 Å². The van der Waals surface area contributed by atoms with Crippen molar-refractivity contribution in [3.8, 4) is 11.3 Å².